The lowest BCUT2D eigenvalue weighted by Crippen LogP contribution is -2.35. The van der Waals surface area contributed by atoms with Crippen molar-refractivity contribution < 1.29 is 18.4 Å². The molecule has 0 spiro atoms. The van der Waals surface area contributed by atoms with Crippen molar-refractivity contribution in [2.75, 3.05) is 6.61 Å². The molecule has 1 unspecified atom stereocenters. The van der Waals surface area contributed by atoms with Crippen LogP contribution in [0.2, 0.25) is 26.2 Å². The second kappa shape index (κ2) is 7.81. The van der Waals surface area contributed by atoms with Crippen LogP contribution < -0.4 is 0 Å². The Bertz CT molecular complexity index is 261. The average Bonchev–Trinajstić information content (AvgIpc) is 2.15. The number of rotatable bonds is 8. The molecule has 0 fully saturated rings. The van der Waals surface area contributed by atoms with Gasteiger partial charge in [-0.05, 0) is 26.6 Å². The van der Waals surface area contributed by atoms with Crippen LogP contribution in [0.3, 0.4) is 0 Å². The van der Waals surface area contributed by atoms with Crippen LogP contribution in [0.15, 0.2) is 12.2 Å². The van der Waals surface area contributed by atoms with Crippen LogP contribution in [0.1, 0.15) is 13.3 Å². The quantitative estimate of drug-likeness (QED) is 0.223. The largest absolute Gasteiger partial charge is 0.433 e. The summed E-state index contributed by atoms with van der Waals surface area (Å²) in [7, 11) is -2.15. The fraction of sp³-hybridized carbons (Fsp3) is 0.727. The lowest BCUT2D eigenvalue weighted by atomic mass is 10.3. The predicted octanol–water partition coefficient (Wildman–Crippen LogP) is 1.82. The molecule has 0 saturated heterocycles. The molecule has 0 aliphatic heterocycles. The summed E-state index contributed by atoms with van der Waals surface area (Å²) >= 11 is 0. The summed E-state index contributed by atoms with van der Waals surface area (Å²) in [6, 6.07) is 0. The summed E-state index contributed by atoms with van der Waals surface area (Å²) in [5, 5.41) is 0. The van der Waals surface area contributed by atoms with E-state index in [2.05, 4.69) is 32.8 Å². The molecule has 17 heavy (non-hydrogen) atoms. The summed E-state index contributed by atoms with van der Waals surface area (Å²) in [6.07, 6.45) is 0.0795. The SMILES string of the molecule is C=C(C)C(=O)OC(CCO[SiH2]C)O[Si](C)(C)C. The van der Waals surface area contributed by atoms with Crippen molar-refractivity contribution in [2.45, 2.75) is 45.8 Å². The molecule has 0 rings (SSSR count). The Kier molecular flexibility index (Phi) is 7.61. The van der Waals surface area contributed by atoms with Gasteiger partial charge in [0.2, 0.25) is 0 Å². The molecule has 0 aromatic heterocycles. The van der Waals surface area contributed by atoms with Gasteiger partial charge in [-0.25, -0.2) is 4.79 Å². The number of hydrogen-bond donors (Lipinski definition) is 0. The molecule has 0 aromatic rings. The van der Waals surface area contributed by atoms with Crippen LogP contribution in [0.5, 0.6) is 0 Å². The molecule has 6 heteroatoms. The van der Waals surface area contributed by atoms with Gasteiger partial charge in [-0.15, -0.1) is 0 Å². The number of ether oxygens (including phenoxy) is 1. The van der Waals surface area contributed by atoms with Crippen LogP contribution in [-0.2, 0) is 18.4 Å². The van der Waals surface area contributed by atoms with E-state index in [1.165, 1.54) is 0 Å². The molecule has 1 atom stereocenters. The highest BCUT2D eigenvalue weighted by Gasteiger charge is 2.24. The van der Waals surface area contributed by atoms with E-state index in [0.29, 0.717) is 18.6 Å². The monoisotopic (exact) mass is 276 g/mol. The van der Waals surface area contributed by atoms with Crippen LogP contribution in [0.4, 0.5) is 0 Å². The first-order valence-corrected chi connectivity index (χ1v) is 11.3. The second-order valence-electron chi connectivity index (χ2n) is 4.83. The molecule has 0 aliphatic rings. The third-order valence-corrected chi connectivity index (χ3v) is 3.44. The summed E-state index contributed by atoms with van der Waals surface area (Å²) in [6.45, 7) is 14.0. The zero-order valence-corrected chi connectivity index (χ0v) is 14.0. The van der Waals surface area contributed by atoms with Crippen molar-refractivity contribution in [3.05, 3.63) is 12.2 Å². The maximum atomic E-state index is 11.5. The van der Waals surface area contributed by atoms with Crippen molar-refractivity contribution in [2.24, 2.45) is 0 Å². The molecule has 100 valence electrons. The van der Waals surface area contributed by atoms with E-state index >= 15 is 0 Å². The first-order valence-electron chi connectivity index (χ1n) is 5.88. The van der Waals surface area contributed by atoms with Gasteiger partial charge in [-0.1, -0.05) is 13.1 Å². The fourth-order valence-electron chi connectivity index (χ4n) is 1.08. The Balaban J connectivity index is 4.29. The Morgan fingerprint density at radius 1 is 1.41 bits per heavy atom. The standard InChI is InChI=1S/C11H24O4Si2/c1-9(2)11(12)14-10(7-8-13-16-3)15-17(4,5)6/h10H,1,7-8,16H2,2-6H3. The van der Waals surface area contributed by atoms with E-state index in [9.17, 15) is 4.79 Å². The van der Waals surface area contributed by atoms with Gasteiger partial charge in [0.15, 0.2) is 24.4 Å². The maximum Gasteiger partial charge on any atom is 0.335 e. The third-order valence-electron chi connectivity index (χ3n) is 1.77. The van der Waals surface area contributed by atoms with Gasteiger partial charge in [0, 0.05) is 18.6 Å². The summed E-state index contributed by atoms with van der Waals surface area (Å²) in [5.41, 5.74) is 0.389. The highest BCUT2D eigenvalue weighted by molar-refractivity contribution is 6.69. The van der Waals surface area contributed by atoms with Crippen LogP contribution >= 0.6 is 0 Å². The number of carbonyl (C=O) groups is 1. The molecular weight excluding hydrogens is 252 g/mol. The summed E-state index contributed by atoms with van der Waals surface area (Å²) in [5.74, 6) is -0.401. The maximum absolute atomic E-state index is 11.5. The average molecular weight is 276 g/mol. The molecule has 0 aromatic carbocycles. The Hall–Kier alpha value is -0.436. The van der Waals surface area contributed by atoms with E-state index in [1.807, 2.05) is 0 Å². The van der Waals surface area contributed by atoms with Crippen LogP contribution in [-0.4, -0.2) is 36.9 Å². The summed E-state index contributed by atoms with van der Waals surface area (Å²) in [4.78, 5) is 11.5. The van der Waals surface area contributed by atoms with Crippen molar-refractivity contribution in [3.63, 3.8) is 0 Å². The Morgan fingerprint density at radius 3 is 2.41 bits per heavy atom. The molecule has 0 amide bonds. The zero-order chi connectivity index (χ0) is 13.5. The normalized spacial score (nSPS) is 13.9. The first kappa shape index (κ1) is 16.6. The van der Waals surface area contributed by atoms with Gasteiger partial charge in [-0.3, -0.25) is 0 Å². The highest BCUT2D eigenvalue weighted by Crippen LogP contribution is 2.13. The van der Waals surface area contributed by atoms with Crippen LogP contribution in [0, 0.1) is 0 Å². The van der Waals surface area contributed by atoms with Gasteiger partial charge in [0.05, 0.1) is 0 Å². The first-order chi connectivity index (χ1) is 7.76. The zero-order valence-electron chi connectivity index (χ0n) is 11.5. The van der Waals surface area contributed by atoms with E-state index < -0.39 is 30.3 Å². The lowest BCUT2D eigenvalue weighted by molar-refractivity contribution is -0.161. The lowest BCUT2D eigenvalue weighted by Gasteiger charge is -2.26. The molecule has 0 saturated carbocycles. The number of carbonyl (C=O) groups excluding carboxylic acids is 1. The molecule has 0 radical (unpaired) electrons. The summed E-state index contributed by atoms with van der Waals surface area (Å²) < 4.78 is 16.4. The van der Waals surface area contributed by atoms with E-state index in [-0.39, 0.29) is 0 Å². The van der Waals surface area contributed by atoms with Crippen molar-refractivity contribution in [3.8, 4) is 0 Å². The van der Waals surface area contributed by atoms with Crippen molar-refractivity contribution in [1.29, 1.82) is 0 Å². The number of hydrogen-bond acceptors (Lipinski definition) is 4. The van der Waals surface area contributed by atoms with Gasteiger partial charge in [0.1, 0.15) is 0 Å². The molecule has 0 aliphatic carbocycles. The Morgan fingerprint density at radius 2 is 2.00 bits per heavy atom. The third kappa shape index (κ3) is 9.28. The van der Waals surface area contributed by atoms with E-state index in [0.717, 1.165) is 0 Å². The second-order valence-corrected chi connectivity index (χ2v) is 10.3. The van der Waals surface area contributed by atoms with Crippen LogP contribution in [0.25, 0.3) is 0 Å². The smallest absolute Gasteiger partial charge is 0.335 e. The van der Waals surface area contributed by atoms with E-state index in [1.54, 1.807) is 6.92 Å². The Labute approximate surface area is 107 Å². The number of esters is 1. The molecule has 0 heterocycles. The minimum atomic E-state index is -1.73. The van der Waals surface area contributed by atoms with Gasteiger partial charge >= 0.3 is 5.97 Å². The molecule has 0 N–H and O–H groups in total. The predicted molar refractivity (Wildman–Crippen MR) is 74.1 cm³/mol. The minimum Gasteiger partial charge on any atom is -0.433 e. The fourth-order valence-corrected chi connectivity index (χ4v) is 2.49. The molecule has 0 bridgehead atoms. The minimum absolute atomic E-state index is 0.389. The van der Waals surface area contributed by atoms with Crippen molar-refractivity contribution >= 4 is 24.0 Å². The molecule has 4 nitrogen and oxygen atoms in total. The van der Waals surface area contributed by atoms with E-state index in [4.69, 9.17) is 13.6 Å². The van der Waals surface area contributed by atoms with Gasteiger partial charge in [-0.2, -0.15) is 0 Å². The van der Waals surface area contributed by atoms with Gasteiger partial charge < -0.3 is 13.6 Å². The topological polar surface area (TPSA) is 44.8 Å². The van der Waals surface area contributed by atoms with Crippen molar-refractivity contribution in [1.82, 2.24) is 0 Å². The highest BCUT2D eigenvalue weighted by atomic mass is 28.4. The van der Waals surface area contributed by atoms with Gasteiger partial charge in [0.25, 0.3) is 0 Å². The molecular formula is C11H24O4Si2.